The van der Waals surface area contributed by atoms with Gasteiger partial charge < -0.3 is 10.1 Å². The maximum Gasteiger partial charge on any atom is 0.269 e. The van der Waals surface area contributed by atoms with Crippen molar-refractivity contribution in [1.82, 2.24) is 0 Å². The van der Waals surface area contributed by atoms with Crippen LogP contribution in [0.3, 0.4) is 0 Å². The highest BCUT2D eigenvalue weighted by atomic mass is 16.6. The van der Waals surface area contributed by atoms with Crippen LogP contribution in [0, 0.1) is 17.0 Å². The van der Waals surface area contributed by atoms with E-state index in [1.165, 1.54) is 11.6 Å². The summed E-state index contributed by atoms with van der Waals surface area (Å²) in [6.07, 6.45) is 0.855. The SMILES string of the molecule is COc1cccc(CCNc2ccc([N+](=O)[O-])cc2C)c1. The Bertz CT molecular complexity index is 641. The van der Waals surface area contributed by atoms with E-state index in [-0.39, 0.29) is 10.6 Å². The molecule has 5 nitrogen and oxygen atoms in total. The van der Waals surface area contributed by atoms with Gasteiger partial charge in [0.25, 0.3) is 5.69 Å². The molecule has 5 heteroatoms. The third kappa shape index (κ3) is 3.95. The summed E-state index contributed by atoms with van der Waals surface area (Å²) in [7, 11) is 1.65. The van der Waals surface area contributed by atoms with Crippen molar-refractivity contribution in [2.24, 2.45) is 0 Å². The third-order valence-corrected chi connectivity index (χ3v) is 3.28. The Balaban J connectivity index is 1.95. The minimum atomic E-state index is -0.382. The first-order chi connectivity index (χ1) is 10.1. The number of methoxy groups -OCH3 is 1. The first-order valence-electron chi connectivity index (χ1n) is 6.72. The van der Waals surface area contributed by atoms with E-state index in [1.54, 1.807) is 19.2 Å². The number of hydrogen-bond donors (Lipinski definition) is 1. The van der Waals surface area contributed by atoms with Crippen LogP contribution in [0.25, 0.3) is 0 Å². The van der Waals surface area contributed by atoms with Crippen molar-refractivity contribution in [2.75, 3.05) is 19.0 Å². The van der Waals surface area contributed by atoms with Gasteiger partial charge in [0.2, 0.25) is 0 Å². The molecular formula is C16H18N2O3. The second-order valence-corrected chi connectivity index (χ2v) is 4.78. The van der Waals surface area contributed by atoms with E-state index in [9.17, 15) is 10.1 Å². The van der Waals surface area contributed by atoms with Crippen molar-refractivity contribution < 1.29 is 9.66 Å². The lowest BCUT2D eigenvalue weighted by Crippen LogP contribution is -2.06. The van der Waals surface area contributed by atoms with Gasteiger partial charge in [-0.25, -0.2) is 0 Å². The summed E-state index contributed by atoms with van der Waals surface area (Å²) in [5, 5.41) is 14.0. The molecule has 0 amide bonds. The summed E-state index contributed by atoms with van der Waals surface area (Å²) in [6, 6.07) is 12.8. The predicted octanol–water partition coefficient (Wildman–Crippen LogP) is 3.57. The van der Waals surface area contributed by atoms with Crippen molar-refractivity contribution in [3.8, 4) is 5.75 Å². The van der Waals surface area contributed by atoms with E-state index >= 15 is 0 Å². The maximum absolute atomic E-state index is 10.7. The zero-order valence-electron chi connectivity index (χ0n) is 12.1. The molecule has 0 saturated carbocycles. The molecule has 0 heterocycles. The fourth-order valence-electron chi connectivity index (χ4n) is 2.13. The van der Waals surface area contributed by atoms with Gasteiger partial charge in [-0.3, -0.25) is 10.1 Å². The van der Waals surface area contributed by atoms with Gasteiger partial charge in [-0.1, -0.05) is 12.1 Å². The van der Waals surface area contributed by atoms with E-state index in [0.29, 0.717) is 0 Å². The molecule has 0 fully saturated rings. The highest BCUT2D eigenvalue weighted by Crippen LogP contribution is 2.21. The largest absolute Gasteiger partial charge is 0.497 e. The van der Waals surface area contributed by atoms with Gasteiger partial charge in [0.05, 0.1) is 12.0 Å². The van der Waals surface area contributed by atoms with E-state index in [2.05, 4.69) is 5.32 Å². The van der Waals surface area contributed by atoms with Crippen molar-refractivity contribution in [3.05, 3.63) is 63.7 Å². The quantitative estimate of drug-likeness (QED) is 0.651. The van der Waals surface area contributed by atoms with Gasteiger partial charge in [0.15, 0.2) is 0 Å². The number of nitro groups is 1. The number of hydrogen-bond acceptors (Lipinski definition) is 4. The fraction of sp³-hybridized carbons (Fsp3) is 0.250. The molecule has 0 saturated heterocycles. The summed E-state index contributed by atoms with van der Waals surface area (Å²) in [5.74, 6) is 0.846. The van der Waals surface area contributed by atoms with Gasteiger partial charge in [-0.2, -0.15) is 0 Å². The van der Waals surface area contributed by atoms with E-state index in [4.69, 9.17) is 4.74 Å². The van der Waals surface area contributed by atoms with E-state index in [0.717, 1.165) is 30.0 Å². The first-order valence-corrected chi connectivity index (χ1v) is 6.72. The average Bonchev–Trinajstić information content (AvgIpc) is 2.49. The molecule has 1 N–H and O–H groups in total. The second kappa shape index (κ2) is 6.74. The Morgan fingerprint density at radius 2 is 2.05 bits per heavy atom. The second-order valence-electron chi connectivity index (χ2n) is 4.78. The molecule has 0 aliphatic heterocycles. The Labute approximate surface area is 123 Å². The summed E-state index contributed by atoms with van der Waals surface area (Å²) in [6.45, 7) is 2.62. The van der Waals surface area contributed by atoms with Crippen molar-refractivity contribution in [2.45, 2.75) is 13.3 Å². The Morgan fingerprint density at radius 3 is 2.71 bits per heavy atom. The lowest BCUT2D eigenvalue weighted by Gasteiger charge is -2.10. The molecule has 0 spiro atoms. The monoisotopic (exact) mass is 286 g/mol. The van der Waals surface area contributed by atoms with Crippen LogP contribution in [-0.4, -0.2) is 18.6 Å². The Morgan fingerprint density at radius 1 is 1.24 bits per heavy atom. The summed E-state index contributed by atoms with van der Waals surface area (Å²) < 4.78 is 5.19. The van der Waals surface area contributed by atoms with E-state index in [1.807, 2.05) is 31.2 Å². The van der Waals surface area contributed by atoms with Crippen molar-refractivity contribution in [1.29, 1.82) is 0 Å². The van der Waals surface area contributed by atoms with Crippen LogP contribution in [0.15, 0.2) is 42.5 Å². The molecule has 0 bridgehead atoms. The number of benzene rings is 2. The maximum atomic E-state index is 10.7. The number of aryl methyl sites for hydroxylation is 1. The molecule has 0 aromatic heterocycles. The number of anilines is 1. The van der Waals surface area contributed by atoms with Crippen molar-refractivity contribution in [3.63, 3.8) is 0 Å². The number of nitro benzene ring substituents is 1. The van der Waals surface area contributed by atoms with Crippen molar-refractivity contribution >= 4 is 11.4 Å². The first kappa shape index (κ1) is 14.8. The van der Waals surface area contributed by atoms with E-state index < -0.39 is 0 Å². The summed E-state index contributed by atoms with van der Waals surface area (Å²) >= 11 is 0. The number of ether oxygens (including phenoxy) is 1. The van der Waals surface area contributed by atoms with Gasteiger partial charge in [0.1, 0.15) is 5.75 Å². The molecular weight excluding hydrogens is 268 g/mol. The van der Waals surface area contributed by atoms with Gasteiger partial charge >= 0.3 is 0 Å². The molecule has 0 atom stereocenters. The molecule has 2 rings (SSSR count). The number of rotatable bonds is 6. The summed E-state index contributed by atoms with van der Waals surface area (Å²) in [5.41, 5.74) is 3.09. The number of non-ortho nitro benzene ring substituents is 1. The van der Waals surface area contributed by atoms with Crippen LogP contribution in [-0.2, 0) is 6.42 Å². The molecule has 2 aromatic carbocycles. The zero-order chi connectivity index (χ0) is 15.2. The molecule has 2 aromatic rings. The molecule has 0 unspecified atom stereocenters. The summed E-state index contributed by atoms with van der Waals surface area (Å²) in [4.78, 5) is 10.3. The highest BCUT2D eigenvalue weighted by molar-refractivity contribution is 5.55. The van der Waals surface area contributed by atoms with Crippen LogP contribution in [0.1, 0.15) is 11.1 Å². The normalized spacial score (nSPS) is 10.2. The average molecular weight is 286 g/mol. The van der Waals surface area contributed by atoms with Crippen LogP contribution >= 0.6 is 0 Å². The zero-order valence-corrected chi connectivity index (χ0v) is 12.1. The highest BCUT2D eigenvalue weighted by Gasteiger charge is 2.07. The number of nitrogens with one attached hydrogen (secondary N) is 1. The fourth-order valence-corrected chi connectivity index (χ4v) is 2.13. The van der Waals surface area contributed by atoms with Gasteiger partial charge in [-0.05, 0) is 42.7 Å². The molecule has 0 aliphatic carbocycles. The smallest absolute Gasteiger partial charge is 0.269 e. The van der Waals surface area contributed by atoms with Crippen LogP contribution in [0.5, 0.6) is 5.75 Å². The topological polar surface area (TPSA) is 64.4 Å². The molecule has 0 radical (unpaired) electrons. The lowest BCUT2D eigenvalue weighted by atomic mass is 10.1. The number of nitrogens with zero attached hydrogens (tertiary/aromatic N) is 1. The lowest BCUT2D eigenvalue weighted by molar-refractivity contribution is -0.384. The third-order valence-electron chi connectivity index (χ3n) is 3.28. The molecule has 0 aliphatic rings. The van der Waals surface area contributed by atoms with Gasteiger partial charge in [0, 0.05) is 24.4 Å². The van der Waals surface area contributed by atoms with Crippen LogP contribution in [0.4, 0.5) is 11.4 Å². The molecule has 110 valence electrons. The van der Waals surface area contributed by atoms with Crippen LogP contribution < -0.4 is 10.1 Å². The minimum Gasteiger partial charge on any atom is -0.497 e. The standard InChI is InChI=1S/C16H18N2O3/c1-12-10-14(18(19)20)6-7-16(12)17-9-8-13-4-3-5-15(11-13)21-2/h3-7,10-11,17H,8-9H2,1-2H3. The van der Waals surface area contributed by atoms with Gasteiger partial charge in [-0.15, -0.1) is 0 Å². The Kier molecular flexibility index (Phi) is 4.77. The molecule has 21 heavy (non-hydrogen) atoms. The predicted molar refractivity (Wildman–Crippen MR) is 83.0 cm³/mol. The minimum absolute atomic E-state index is 0.117. The van der Waals surface area contributed by atoms with Crippen LogP contribution in [0.2, 0.25) is 0 Å². The Hall–Kier alpha value is -2.56.